The fourth-order valence-electron chi connectivity index (χ4n) is 2.85. The van der Waals surface area contributed by atoms with Crippen molar-refractivity contribution in [3.8, 4) is 5.75 Å². The molecule has 0 spiro atoms. The van der Waals surface area contributed by atoms with Crippen LogP contribution in [0.5, 0.6) is 5.75 Å². The lowest BCUT2D eigenvalue weighted by molar-refractivity contribution is 0.0919. The number of methoxy groups -OCH3 is 1. The summed E-state index contributed by atoms with van der Waals surface area (Å²) in [5.41, 5.74) is 0.423. The van der Waals surface area contributed by atoms with Gasteiger partial charge in [0.15, 0.2) is 0 Å². The van der Waals surface area contributed by atoms with Crippen molar-refractivity contribution in [1.82, 2.24) is 15.2 Å². The molecule has 96 valence electrons. The van der Waals surface area contributed by atoms with Crippen molar-refractivity contribution in [2.75, 3.05) is 26.7 Å². The van der Waals surface area contributed by atoms with Crippen LogP contribution in [0.4, 0.5) is 0 Å². The van der Waals surface area contributed by atoms with E-state index in [9.17, 15) is 4.79 Å². The van der Waals surface area contributed by atoms with Crippen LogP contribution in [0.25, 0.3) is 0 Å². The third kappa shape index (κ3) is 2.06. The average molecular weight is 247 g/mol. The highest BCUT2D eigenvalue weighted by atomic mass is 16.5. The molecule has 2 bridgehead atoms. The van der Waals surface area contributed by atoms with Crippen molar-refractivity contribution in [3.63, 3.8) is 0 Å². The molecular weight excluding hydrogens is 230 g/mol. The van der Waals surface area contributed by atoms with E-state index in [2.05, 4.69) is 15.2 Å². The molecule has 18 heavy (non-hydrogen) atoms. The van der Waals surface area contributed by atoms with Gasteiger partial charge in [-0.3, -0.25) is 9.78 Å². The molecule has 3 heterocycles. The molecule has 3 atom stereocenters. The molecule has 1 unspecified atom stereocenters. The molecule has 0 aromatic carbocycles. The molecule has 2 saturated heterocycles. The van der Waals surface area contributed by atoms with Crippen LogP contribution >= 0.6 is 0 Å². The molecule has 2 aliphatic rings. The highest BCUT2D eigenvalue weighted by molar-refractivity contribution is 5.92. The topological polar surface area (TPSA) is 54.5 Å². The first kappa shape index (κ1) is 11.5. The van der Waals surface area contributed by atoms with Gasteiger partial charge in [-0.15, -0.1) is 0 Å². The Bertz CT molecular complexity index is 463. The molecule has 1 aromatic heterocycles. The van der Waals surface area contributed by atoms with Crippen LogP contribution in [0, 0.1) is 5.92 Å². The van der Waals surface area contributed by atoms with Gasteiger partial charge in [0.05, 0.1) is 7.11 Å². The molecule has 5 heteroatoms. The minimum atomic E-state index is -0.104. The number of carbonyl (C=O) groups is 1. The van der Waals surface area contributed by atoms with Crippen molar-refractivity contribution in [2.45, 2.75) is 12.5 Å². The Hall–Kier alpha value is -1.62. The van der Waals surface area contributed by atoms with Gasteiger partial charge in [0, 0.05) is 31.4 Å². The predicted octanol–water partition coefficient (Wildman–Crippen LogP) is 0.524. The summed E-state index contributed by atoms with van der Waals surface area (Å²) in [6.45, 7) is 3.27. The Morgan fingerprint density at radius 1 is 1.56 bits per heavy atom. The SMILES string of the molecule is COc1ccnc(C(=O)N[C@H]2CN3CC[C@H]2C3)c1. The monoisotopic (exact) mass is 247 g/mol. The second-order valence-electron chi connectivity index (χ2n) is 4.97. The fraction of sp³-hybridized carbons (Fsp3) is 0.538. The summed E-state index contributed by atoms with van der Waals surface area (Å²) >= 11 is 0. The first-order chi connectivity index (χ1) is 8.76. The van der Waals surface area contributed by atoms with Crippen LogP contribution in [-0.4, -0.2) is 48.6 Å². The zero-order valence-corrected chi connectivity index (χ0v) is 10.4. The highest BCUT2D eigenvalue weighted by Crippen LogP contribution is 2.27. The van der Waals surface area contributed by atoms with Gasteiger partial charge in [0.2, 0.25) is 0 Å². The Balaban J connectivity index is 1.67. The lowest BCUT2D eigenvalue weighted by atomic mass is 10.00. The summed E-state index contributed by atoms with van der Waals surface area (Å²) in [6, 6.07) is 3.68. The smallest absolute Gasteiger partial charge is 0.270 e. The molecule has 0 aliphatic carbocycles. The van der Waals surface area contributed by atoms with Gasteiger partial charge in [-0.25, -0.2) is 0 Å². The van der Waals surface area contributed by atoms with Gasteiger partial charge in [0.1, 0.15) is 11.4 Å². The van der Waals surface area contributed by atoms with E-state index in [0.717, 1.165) is 13.1 Å². The molecule has 1 aromatic rings. The van der Waals surface area contributed by atoms with Gasteiger partial charge >= 0.3 is 0 Å². The molecular formula is C13H17N3O2. The summed E-state index contributed by atoms with van der Waals surface area (Å²) in [5, 5.41) is 3.08. The van der Waals surface area contributed by atoms with Crippen molar-refractivity contribution >= 4 is 5.91 Å². The second-order valence-corrected chi connectivity index (χ2v) is 4.97. The number of ether oxygens (including phenoxy) is 1. The van der Waals surface area contributed by atoms with Crippen molar-refractivity contribution in [3.05, 3.63) is 24.0 Å². The number of rotatable bonds is 3. The minimum absolute atomic E-state index is 0.104. The third-order valence-corrected chi connectivity index (χ3v) is 3.85. The Labute approximate surface area is 106 Å². The standard InChI is InChI=1S/C13H17N3O2/c1-18-10-2-4-14-11(6-10)13(17)15-12-8-16-5-3-9(12)7-16/h2,4,6,9,12H,3,5,7-8H2,1H3,(H,15,17)/t9-,12-/m0/s1. The molecule has 2 fully saturated rings. The van der Waals surface area contributed by atoms with E-state index < -0.39 is 0 Å². The first-order valence-corrected chi connectivity index (χ1v) is 6.29. The normalized spacial score (nSPS) is 29.3. The van der Waals surface area contributed by atoms with Gasteiger partial charge in [-0.2, -0.15) is 0 Å². The lowest BCUT2D eigenvalue weighted by Gasteiger charge is -2.22. The second kappa shape index (κ2) is 4.57. The number of nitrogens with zero attached hydrogens (tertiary/aromatic N) is 2. The summed E-state index contributed by atoms with van der Waals surface area (Å²) in [6.07, 6.45) is 2.79. The minimum Gasteiger partial charge on any atom is -0.497 e. The molecule has 1 amide bonds. The predicted molar refractivity (Wildman–Crippen MR) is 66.6 cm³/mol. The van der Waals surface area contributed by atoms with Gasteiger partial charge < -0.3 is 15.0 Å². The van der Waals surface area contributed by atoms with Crippen LogP contribution < -0.4 is 10.1 Å². The average Bonchev–Trinajstić information content (AvgIpc) is 3.01. The molecule has 5 nitrogen and oxygen atoms in total. The van der Waals surface area contributed by atoms with Crippen molar-refractivity contribution < 1.29 is 9.53 Å². The van der Waals surface area contributed by atoms with E-state index in [0.29, 0.717) is 17.4 Å². The summed E-state index contributed by atoms with van der Waals surface area (Å²) in [5.74, 6) is 1.17. The van der Waals surface area contributed by atoms with Crippen LogP contribution in [-0.2, 0) is 0 Å². The first-order valence-electron chi connectivity index (χ1n) is 6.29. The van der Waals surface area contributed by atoms with E-state index in [4.69, 9.17) is 4.74 Å². The van der Waals surface area contributed by atoms with Crippen LogP contribution in [0.3, 0.4) is 0 Å². The van der Waals surface area contributed by atoms with Crippen molar-refractivity contribution in [2.24, 2.45) is 5.92 Å². The number of pyridine rings is 1. The maximum Gasteiger partial charge on any atom is 0.270 e. The maximum atomic E-state index is 12.1. The van der Waals surface area contributed by atoms with Crippen LogP contribution in [0.15, 0.2) is 18.3 Å². The number of hydrogen-bond donors (Lipinski definition) is 1. The number of carbonyl (C=O) groups excluding carboxylic acids is 1. The Kier molecular flexibility index (Phi) is 2.91. The van der Waals surface area contributed by atoms with Gasteiger partial charge in [0.25, 0.3) is 5.91 Å². The fourth-order valence-corrected chi connectivity index (χ4v) is 2.85. The Morgan fingerprint density at radius 2 is 2.44 bits per heavy atom. The molecule has 0 saturated carbocycles. The number of aromatic nitrogens is 1. The molecule has 0 radical (unpaired) electrons. The molecule has 1 N–H and O–H groups in total. The summed E-state index contributed by atoms with van der Waals surface area (Å²) in [7, 11) is 1.58. The van der Waals surface area contributed by atoms with Crippen LogP contribution in [0.2, 0.25) is 0 Å². The zero-order valence-electron chi connectivity index (χ0n) is 10.4. The van der Waals surface area contributed by atoms with Gasteiger partial charge in [-0.1, -0.05) is 0 Å². The van der Waals surface area contributed by atoms with E-state index in [-0.39, 0.29) is 11.9 Å². The summed E-state index contributed by atoms with van der Waals surface area (Å²) < 4.78 is 5.10. The quantitative estimate of drug-likeness (QED) is 0.846. The number of piperidine rings is 1. The Morgan fingerprint density at radius 3 is 3.11 bits per heavy atom. The number of nitrogens with one attached hydrogen (secondary N) is 1. The van der Waals surface area contributed by atoms with E-state index >= 15 is 0 Å². The maximum absolute atomic E-state index is 12.1. The zero-order chi connectivity index (χ0) is 12.5. The number of amides is 1. The summed E-state index contributed by atoms with van der Waals surface area (Å²) in [4.78, 5) is 18.6. The number of hydrogen-bond acceptors (Lipinski definition) is 4. The third-order valence-electron chi connectivity index (χ3n) is 3.85. The van der Waals surface area contributed by atoms with E-state index in [1.165, 1.54) is 13.0 Å². The van der Waals surface area contributed by atoms with Crippen molar-refractivity contribution in [1.29, 1.82) is 0 Å². The molecule has 3 rings (SSSR count). The van der Waals surface area contributed by atoms with Crippen LogP contribution in [0.1, 0.15) is 16.9 Å². The largest absolute Gasteiger partial charge is 0.497 e. The molecule has 2 aliphatic heterocycles. The van der Waals surface area contributed by atoms with E-state index in [1.54, 1.807) is 25.4 Å². The number of fused-ring (bicyclic) bond motifs is 2. The lowest BCUT2D eigenvalue weighted by Crippen LogP contribution is -2.43. The highest BCUT2D eigenvalue weighted by Gasteiger charge is 2.38. The van der Waals surface area contributed by atoms with E-state index in [1.807, 2.05) is 0 Å². The van der Waals surface area contributed by atoms with Gasteiger partial charge in [-0.05, 0) is 24.9 Å².